The molecule has 144 valence electrons. The van der Waals surface area contributed by atoms with Crippen LogP contribution >= 0.6 is 45.7 Å². The van der Waals surface area contributed by atoms with Gasteiger partial charge in [-0.05, 0) is 68.9 Å². The first-order valence-corrected chi connectivity index (χ1v) is 11.5. The first-order chi connectivity index (χ1) is 12.2. The monoisotopic (exact) mass is 508 g/mol. The lowest BCUT2D eigenvalue weighted by Crippen LogP contribution is -2.18. The Labute approximate surface area is 176 Å². The van der Waals surface area contributed by atoms with Crippen molar-refractivity contribution in [3.05, 3.63) is 25.8 Å². The summed E-state index contributed by atoms with van der Waals surface area (Å²) in [6, 6.07) is 0.483. The summed E-state index contributed by atoms with van der Waals surface area (Å²) in [7, 11) is 0. The summed E-state index contributed by atoms with van der Waals surface area (Å²) in [6.45, 7) is 4.64. The molecular weight excluding hydrogens is 483 g/mol. The van der Waals surface area contributed by atoms with Crippen LogP contribution < -0.4 is 5.32 Å². The van der Waals surface area contributed by atoms with Crippen molar-refractivity contribution in [2.24, 2.45) is 0 Å². The minimum Gasteiger partial charge on any atom is -0.366 e. The van der Waals surface area contributed by atoms with E-state index in [0.717, 1.165) is 26.7 Å². The molecule has 0 bridgehead atoms. The number of thiazole rings is 1. The van der Waals surface area contributed by atoms with Crippen LogP contribution in [0.4, 0.5) is 5.82 Å². The van der Waals surface area contributed by atoms with Crippen LogP contribution in [0.1, 0.15) is 49.7 Å². The van der Waals surface area contributed by atoms with E-state index in [1.807, 2.05) is 19.4 Å². The molecule has 3 rings (SSSR count). The number of hydrogen-bond acceptors (Lipinski definition) is 8. The van der Waals surface area contributed by atoms with Crippen LogP contribution in [-0.4, -0.2) is 43.2 Å². The van der Waals surface area contributed by atoms with Crippen LogP contribution in [0.3, 0.4) is 0 Å². The third-order valence-electron chi connectivity index (χ3n) is 3.75. The van der Waals surface area contributed by atoms with Gasteiger partial charge < -0.3 is 15.5 Å². The maximum Gasteiger partial charge on any atom is 0.189 e. The molecule has 0 aliphatic heterocycles. The van der Waals surface area contributed by atoms with E-state index in [9.17, 15) is 0 Å². The topological polar surface area (TPSA) is 91.2 Å². The van der Waals surface area contributed by atoms with E-state index in [0.29, 0.717) is 12.0 Å². The molecule has 1 aliphatic rings. The fourth-order valence-electron chi connectivity index (χ4n) is 2.69. The molecular formula is C17H25IN4O2S2. The van der Waals surface area contributed by atoms with E-state index < -0.39 is 5.79 Å². The van der Waals surface area contributed by atoms with Gasteiger partial charge in [-0.2, -0.15) is 0 Å². The molecule has 0 aromatic carbocycles. The van der Waals surface area contributed by atoms with Gasteiger partial charge in [-0.1, -0.05) is 11.8 Å². The molecule has 1 aliphatic carbocycles. The summed E-state index contributed by atoms with van der Waals surface area (Å²) >= 11 is 5.69. The quantitative estimate of drug-likeness (QED) is 0.249. The molecule has 0 amide bonds. The number of halogens is 1. The van der Waals surface area contributed by atoms with Crippen LogP contribution in [0.2, 0.25) is 0 Å². The molecule has 9 heteroatoms. The predicted molar refractivity (Wildman–Crippen MR) is 116 cm³/mol. The van der Waals surface area contributed by atoms with Gasteiger partial charge in [0.2, 0.25) is 0 Å². The smallest absolute Gasteiger partial charge is 0.189 e. The van der Waals surface area contributed by atoms with Crippen molar-refractivity contribution in [3.63, 3.8) is 0 Å². The fraction of sp³-hybridized carbons (Fsp3) is 0.588. The highest BCUT2D eigenvalue weighted by atomic mass is 127. The number of nitrogens with zero attached hydrogens (tertiary/aromatic N) is 3. The molecule has 2 aromatic rings. The standard InChI is InChI=1S/C14H17IN4S2.C3H8O2/c1-8-11(15)12(19-14(17-8)20-2)18-10-4-3-9(7-10)13-16-5-6-21-13;1-3(2,4)5/h5-6,9-10H,3-4,7H2,1-2H3,(H,17,18,19);4-5H,1-2H3. The predicted octanol–water partition coefficient (Wildman–Crippen LogP) is 4.02. The van der Waals surface area contributed by atoms with Gasteiger partial charge in [0.1, 0.15) is 5.82 Å². The van der Waals surface area contributed by atoms with E-state index in [2.05, 4.69) is 48.2 Å². The number of nitrogens with one attached hydrogen (secondary N) is 1. The van der Waals surface area contributed by atoms with Gasteiger partial charge in [-0.3, -0.25) is 0 Å². The summed E-state index contributed by atoms with van der Waals surface area (Å²) < 4.78 is 1.13. The zero-order valence-corrected chi connectivity index (χ0v) is 19.2. The van der Waals surface area contributed by atoms with Gasteiger partial charge in [0.15, 0.2) is 10.9 Å². The lowest BCUT2D eigenvalue weighted by atomic mass is 10.1. The summed E-state index contributed by atoms with van der Waals surface area (Å²) in [5.74, 6) is 0.0837. The number of aromatic nitrogens is 3. The zero-order chi connectivity index (χ0) is 19.3. The minimum atomic E-state index is -1.50. The molecule has 0 radical (unpaired) electrons. The Morgan fingerprint density at radius 3 is 2.58 bits per heavy atom. The van der Waals surface area contributed by atoms with E-state index in [4.69, 9.17) is 10.2 Å². The van der Waals surface area contributed by atoms with Crippen molar-refractivity contribution >= 4 is 51.5 Å². The third kappa shape index (κ3) is 6.91. The van der Waals surface area contributed by atoms with Gasteiger partial charge in [-0.25, -0.2) is 15.0 Å². The number of thioether (sulfide) groups is 1. The number of rotatable bonds is 4. The summed E-state index contributed by atoms with van der Waals surface area (Å²) in [4.78, 5) is 13.6. The number of aliphatic hydroxyl groups is 2. The molecule has 26 heavy (non-hydrogen) atoms. The van der Waals surface area contributed by atoms with Crippen molar-refractivity contribution < 1.29 is 10.2 Å². The Hall–Kier alpha value is -0.490. The normalized spacial score (nSPS) is 19.8. The number of anilines is 1. The summed E-state index contributed by atoms with van der Waals surface area (Å²) in [5, 5.41) is 24.0. The van der Waals surface area contributed by atoms with Crippen LogP contribution in [0.5, 0.6) is 0 Å². The van der Waals surface area contributed by atoms with Crippen LogP contribution in [-0.2, 0) is 0 Å². The minimum absolute atomic E-state index is 0.483. The van der Waals surface area contributed by atoms with Crippen molar-refractivity contribution in [1.82, 2.24) is 15.0 Å². The van der Waals surface area contributed by atoms with Crippen molar-refractivity contribution in [2.45, 2.75) is 62.9 Å². The molecule has 6 nitrogen and oxygen atoms in total. The fourth-order valence-corrected chi connectivity index (χ4v) is 4.28. The summed E-state index contributed by atoms with van der Waals surface area (Å²) in [6.07, 6.45) is 7.45. The zero-order valence-electron chi connectivity index (χ0n) is 15.4. The second-order valence-electron chi connectivity index (χ2n) is 6.67. The van der Waals surface area contributed by atoms with E-state index in [-0.39, 0.29) is 0 Å². The molecule has 2 aromatic heterocycles. The molecule has 2 atom stereocenters. The van der Waals surface area contributed by atoms with Crippen LogP contribution in [0, 0.1) is 10.5 Å². The average Bonchev–Trinajstić information content (AvgIpc) is 3.21. The Balaban J connectivity index is 0.000000431. The van der Waals surface area contributed by atoms with Gasteiger partial charge in [0, 0.05) is 23.5 Å². The van der Waals surface area contributed by atoms with Crippen LogP contribution in [0.15, 0.2) is 16.7 Å². The van der Waals surface area contributed by atoms with Gasteiger partial charge >= 0.3 is 0 Å². The number of hydrogen-bond donors (Lipinski definition) is 3. The Morgan fingerprint density at radius 1 is 1.31 bits per heavy atom. The molecule has 0 saturated heterocycles. The lowest BCUT2D eigenvalue weighted by molar-refractivity contribution is -0.127. The van der Waals surface area contributed by atoms with Crippen molar-refractivity contribution in [3.8, 4) is 0 Å². The number of aryl methyl sites for hydroxylation is 1. The molecule has 1 fully saturated rings. The maximum absolute atomic E-state index is 8.08. The maximum atomic E-state index is 8.08. The first kappa shape index (κ1) is 21.8. The van der Waals surface area contributed by atoms with E-state index in [1.54, 1.807) is 23.1 Å². The molecule has 1 saturated carbocycles. The SMILES string of the molecule is CC(C)(O)O.CSc1nc(C)c(I)c(NC2CCC(c3nccs3)C2)n1. The Morgan fingerprint density at radius 2 is 2.00 bits per heavy atom. The first-order valence-electron chi connectivity index (χ1n) is 8.36. The summed E-state index contributed by atoms with van der Waals surface area (Å²) in [5.41, 5.74) is 1.05. The highest BCUT2D eigenvalue weighted by Crippen LogP contribution is 2.37. The average molecular weight is 508 g/mol. The van der Waals surface area contributed by atoms with Crippen molar-refractivity contribution in [2.75, 3.05) is 11.6 Å². The highest BCUT2D eigenvalue weighted by Gasteiger charge is 2.28. The second kappa shape index (κ2) is 9.63. The van der Waals surface area contributed by atoms with Crippen LogP contribution in [0.25, 0.3) is 0 Å². The van der Waals surface area contributed by atoms with E-state index in [1.165, 1.54) is 31.7 Å². The highest BCUT2D eigenvalue weighted by molar-refractivity contribution is 14.1. The van der Waals surface area contributed by atoms with Gasteiger partial charge in [0.05, 0.1) is 14.3 Å². The third-order valence-corrected chi connectivity index (χ3v) is 6.53. The van der Waals surface area contributed by atoms with Crippen molar-refractivity contribution in [1.29, 1.82) is 0 Å². The van der Waals surface area contributed by atoms with E-state index >= 15 is 0 Å². The van der Waals surface area contributed by atoms with Gasteiger partial charge in [-0.15, -0.1) is 11.3 Å². The molecule has 2 heterocycles. The molecule has 2 unspecified atom stereocenters. The molecule has 0 spiro atoms. The Bertz CT molecular complexity index is 702. The second-order valence-corrected chi connectivity index (χ2v) is 9.45. The van der Waals surface area contributed by atoms with Gasteiger partial charge in [0.25, 0.3) is 0 Å². The Kier molecular flexibility index (Phi) is 8.08. The largest absolute Gasteiger partial charge is 0.366 e. The lowest BCUT2D eigenvalue weighted by Gasteiger charge is -2.16. The molecule has 3 N–H and O–H groups in total.